The van der Waals surface area contributed by atoms with Gasteiger partial charge >= 0.3 is 0 Å². The Bertz CT molecular complexity index is 851. The number of ether oxygens (including phenoxy) is 4. The first-order chi connectivity index (χ1) is 14.4. The summed E-state index contributed by atoms with van der Waals surface area (Å²) in [5, 5.41) is 0.0423. The SMILES string of the molecule is COc1ccc(CSC(C)=O)c(OC)c1-c1c(OC)ccc(CSC(C)=O)c1OC. The van der Waals surface area contributed by atoms with E-state index in [1.165, 1.54) is 37.4 Å². The van der Waals surface area contributed by atoms with E-state index in [1.54, 1.807) is 28.4 Å². The van der Waals surface area contributed by atoms with Crippen LogP contribution in [0.3, 0.4) is 0 Å². The smallest absolute Gasteiger partial charge is 0.186 e. The third-order valence-corrected chi connectivity index (χ3v) is 6.09. The van der Waals surface area contributed by atoms with Gasteiger partial charge in [-0.1, -0.05) is 35.7 Å². The number of benzene rings is 2. The van der Waals surface area contributed by atoms with Crippen LogP contribution in [0, 0.1) is 0 Å². The minimum Gasteiger partial charge on any atom is -0.496 e. The van der Waals surface area contributed by atoms with Gasteiger partial charge in [-0.3, -0.25) is 9.59 Å². The van der Waals surface area contributed by atoms with Gasteiger partial charge in [0.1, 0.15) is 23.0 Å². The Balaban J connectivity index is 2.79. The van der Waals surface area contributed by atoms with Gasteiger partial charge in [-0.15, -0.1) is 0 Å². The van der Waals surface area contributed by atoms with E-state index >= 15 is 0 Å². The van der Waals surface area contributed by atoms with Gasteiger partial charge in [0, 0.05) is 36.5 Å². The standard InChI is InChI=1S/C22H26O6S2/c1-13(23)29-11-15-7-9-17(25-3)19(21(15)27-5)20-18(26-4)10-8-16(22(20)28-6)12-30-14(2)24/h7-10H,11-12H2,1-6H3. The Morgan fingerprint density at radius 3 is 1.30 bits per heavy atom. The molecule has 162 valence electrons. The van der Waals surface area contributed by atoms with Gasteiger partial charge in [-0.25, -0.2) is 0 Å². The Hall–Kier alpha value is -2.32. The lowest BCUT2D eigenvalue weighted by Gasteiger charge is -2.22. The number of hydrogen-bond acceptors (Lipinski definition) is 8. The molecule has 0 aliphatic heterocycles. The van der Waals surface area contributed by atoms with E-state index in [-0.39, 0.29) is 10.2 Å². The molecule has 2 aromatic rings. The summed E-state index contributed by atoms with van der Waals surface area (Å²) in [5.41, 5.74) is 3.04. The average molecular weight is 451 g/mol. The van der Waals surface area contributed by atoms with E-state index in [4.69, 9.17) is 18.9 Å². The van der Waals surface area contributed by atoms with Crippen LogP contribution < -0.4 is 18.9 Å². The van der Waals surface area contributed by atoms with Gasteiger partial charge in [-0.2, -0.15) is 0 Å². The lowest BCUT2D eigenvalue weighted by atomic mass is 9.96. The molecule has 0 radical (unpaired) electrons. The highest BCUT2D eigenvalue weighted by atomic mass is 32.2. The molecule has 0 bridgehead atoms. The van der Waals surface area contributed by atoms with E-state index in [0.29, 0.717) is 45.6 Å². The highest BCUT2D eigenvalue weighted by molar-refractivity contribution is 8.13. The van der Waals surface area contributed by atoms with E-state index in [1.807, 2.05) is 24.3 Å². The van der Waals surface area contributed by atoms with Crippen molar-refractivity contribution in [2.24, 2.45) is 0 Å². The van der Waals surface area contributed by atoms with Crippen molar-refractivity contribution in [1.82, 2.24) is 0 Å². The molecule has 0 N–H and O–H groups in total. The van der Waals surface area contributed by atoms with Crippen LogP contribution in [0.5, 0.6) is 23.0 Å². The Kier molecular flexibility index (Phi) is 8.92. The molecule has 0 saturated carbocycles. The van der Waals surface area contributed by atoms with Crippen molar-refractivity contribution in [3.05, 3.63) is 35.4 Å². The maximum atomic E-state index is 11.5. The molecule has 0 amide bonds. The lowest BCUT2D eigenvalue weighted by molar-refractivity contribution is -0.109. The fourth-order valence-electron chi connectivity index (χ4n) is 3.08. The van der Waals surface area contributed by atoms with Gasteiger partial charge in [-0.05, 0) is 12.1 Å². The third kappa shape index (κ3) is 5.43. The van der Waals surface area contributed by atoms with E-state index in [0.717, 1.165) is 11.1 Å². The van der Waals surface area contributed by atoms with Crippen LogP contribution in [0.2, 0.25) is 0 Å². The molecular weight excluding hydrogens is 424 g/mol. The summed E-state index contributed by atoms with van der Waals surface area (Å²) in [4.78, 5) is 23.0. The molecule has 0 spiro atoms. The van der Waals surface area contributed by atoms with Crippen molar-refractivity contribution in [2.75, 3.05) is 28.4 Å². The Labute approximate surface area is 185 Å². The molecular formula is C22H26O6S2. The van der Waals surface area contributed by atoms with Crippen LogP contribution in [0.15, 0.2) is 24.3 Å². The Morgan fingerprint density at radius 1 is 0.667 bits per heavy atom. The highest BCUT2D eigenvalue weighted by Crippen LogP contribution is 2.50. The number of hydrogen-bond donors (Lipinski definition) is 0. The second-order valence-electron chi connectivity index (χ2n) is 6.23. The van der Waals surface area contributed by atoms with Crippen LogP contribution in [0.4, 0.5) is 0 Å². The molecule has 8 heteroatoms. The first-order valence-corrected chi connectivity index (χ1v) is 11.1. The van der Waals surface area contributed by atoms with Gasteiger partial charge < -0.3 is 18.9 Å². The molecule has 0 heterocycles. The Morgan fingerprint density at radius 2 is 1.03 bits per heavy atom. The van der Waals surface area contributed by atoms with Gasteiger partial charge in [0.05, 0.1) is 39.6 Å². The quantitative estimate of drug-likeness (QED) is 0.532. The van der Waals surface area contributed by atoms with Crippen LogP contribution >= 0.6 is 23.5 Å². The zero-order valence-corrected chi connectivity index (χ0v) is 19.6. The molecule has 2 aromatic carbocycles. The van der Waals surface area contributed by atoms with Crippen LogP contribution in [0.1, 0.15) is 25.0 Å². The second kappa shape index (κ2) is 11.2. The molecule has 0 fully saturated rings. The summed E-state index contributed by atoms with van der Waals surface area (Å²) in [6.07, 6.45) is 0. The highest BCUT2D eigenvalue weighted by Gasteiger charge is 2.25. The second-order valence-corrected chi connectivity index (χ2v) is 8.54. The topological polar surface area (TPSA) is 71.1 Å². The van der Waals surface area contributed by atoms with E-state index in [2.05, 4.69) is 0 Å². The average Bonchev–Trinajstić information content (AvgIpc) is 2.74. The van der Waals surface area contributed by atoms with Crippen molar-refractivity contribution in [1.29, 1.82) is 0 Å². The summed E-state index contributed by atoms with van der Waals surface area (Å²) < 4.78 is 22.8. The van der Waals surface area contributed by atoms with Crippen molar-refractivity contribution in [3.63, 3.8) is 0 Å². The van der Waals surface area contributed by atoms with Gasteiger partial charge in [0.15, 0.2) is 10.2 Å². The number of thioether (sulfide) groups is 2. The minimum atomic E-state index is 0.0211. The van der Waals surface area contributed by atoms with Gasteiger partial charge in [0.2, 0.25) is 0 Å². The number of rotatable bonds is 9. The predicted molar refractivity (Wildman–Crippen MR) is 122 cm³/mol. The maximum absolute atomic E-state index is 11.5. The molecule has 0 aliphatic carbocycles. The van der Waals surface area contributed by atoms with Crippen LogP contribution in [-0.2, 0) is 21.1 Å². The molecule has 0 aliphatic rings. The molecule has 2 rings (SSSR count). The monoisotopic (exact) mass is 450 g/mol. The normalized spacial score (nSPS) is 10.5. The minimum absolute atomic E-state index is 0.0211. The van der Waals surface area contributed by atoms with Crippen molar-refractivity contribution in [3.8, 4) is 34.1 Å². The fraction of sp³-hybridized carbons (Fsp3) is 0.364. The first kappa shape index (κ1) is 24.0. The van der Waals surface area contributed by atoms with Crippen molar-refractivity contribution < 1.29 is 28.5 Å². The summed E-state index contributed by atoms with van der Waals surface area (Å²) in [7, 11) is 6.32. The number of carbonyl (C=O) groups excluding carboxylic acids is 2. The van der Waals surface area contributed by atoms with E-state index in [9.17, 15) is 9.59 Å². The summed E-state index contributed by atoms with van der Waals surface area (Å²) in [5.74, 6) is 3.24. The predicted octanol–water partition coefficient (Wildman–Crippen LogP) is 4.95. The maximum Gasteiger partial charge on any atom is 0.186 e. The zero-order chi connectivity index (χ0) is 22.3. The molecule has 6 nitrogen and oxygen atoms in total. The molecule has 0 atom stereocenters. The molecule has 0 unspecified atom stereocenters. The molecule has 0 saturated heterocycles. The van der Waals surface area contributed by atoms with Crippen molar-refractivity contribution in [2.45, 2.75) is 25.4 Å². The number of carbonyl (C=O) groups is 2. The summed E-state index contributed by atoms with van der Waals surface area (Å²) in [6, 6.07) is 7.44. The largest absolute Gasteiger partial charge is 0.496 e. The fourth-order valence-corrected chi connectivity index (χ4v) is 4.25. The number of methoxy groups -OCH3 is 4. The van der Waals surface area contributed by atoms with Gasteiger partial charge in [0.25, 0.3) is 0 Å². The molecule has 0 aromatic heterocycles. The first-order valence-electron chi connectivity index (χ1n) is 9.12. The van der Waals surface area contributed by atoms with E-state index < -0.39 is 0 Å². The van der Waals surface area contributed by atoms with Crippen LogP contribution in [0.25, 0.3) is 11.1 Å². The van der Waals surface area contributed by atoms with Crippen molar-refractivity contribution >= 4 is 33.8 Å². The lowest BCUT2D eigenvalue weighted by Crippen LogP contribution is -2.03. The summed E-state index contributed by atoms with van der Waals surface area (Å²) in [6.45, 7) is 3.06. The third-order valence-electron chi connectivity index (χ3n) is 4.36. The molecule has 30 heavy (non-hydrogen) atoms. The van der Waals surface area contributed by atoms with Crippen LogP contribution in [-0.4, -0.2) is 38.7 Å². The zero-order valence-electron chi connectivity index (χ0n) is 18.0. The summed E-state index contributed by atoms with van der Waals surface area (Å²) >= 11 is 2.41.